The summed E-state index contributed by atoms with van der Waals surface area (Å²) in [6, 6.07) is 6.06. The molecule has 6 nitrogen and oxygen atoms in total. The Labute approximate surface area is 116 Å². The van der Waals surface area contributed by atoms with Gasteiger partial charge in [-0.1, -0.05) is 0 Å². The van der Waals surface area contributed by atoms with Crippen molar-refractivity contribution in [2.75, 3.05) is 0 Å². The molecule has 6 heteroatoms. The molecule has 0 saturated heterocycles. The minimum absolute atomic E-state index is 0.114. The minimum atomic E-state index is -0.255. The first-order valence-electron chi connectivity index (χ1n) is 6.19. The summed E-state index contributed by atoms with van der Waals surface area (Å²) in [5.41, 5.74) is 8.97. The number of aromatic amines is 1. The highest BCUT2D eigenvalue weighted by atomic mass is 16.5. The van der Waals surface area contributed by atoms with Crippen LogP contribution >= 0.6 is 0 Å². The first-order valence-corrected chi connectivity index (χ1v) is 6.19. The minimum Gasteiger partial charge on any atom is -0.420 e. The van der Waals surface area contributed by atoms with Gasteiger partial charge >= 0.3 is 0 Å². The standard InChI is InChI=1S/C14H14N5O/c1-8-11-12(9-4-3-5-19(2)7-9)10(6-15)13(16)20-14(11)18-17-8/h3-5,7,12H,16H2,1-2H3,(H,17,18)/q+1/t12-/m0/s1. The highest BCUT2D eigenvalue weighted by Crippen LogP contribution is 2.41. The number of nitriles is 1. The number of ether oxygens (including phenoxy) is 1. The Morgan fingerprint density at radius 3 is 3.05 bits per heavy atom. The van der Waals surface area contributed by atoms with Gasteiger partial charge in [0.2, 0.25) is 11.8 Å². The molecule has 1 aliphatic heterocycles. The predicted octanol–water partition coefficient (Wildman–Crippen LogP) is 0.761. The number of nitrogens with two attached hydrogens (primary N) is 1. The van der Waals surface area contributed by atoms with E-state index >= 15 is 0 Å². The van der Waals surface area contributed by atoms with Crippen molar-refractivity contribution in [1.82, 2.24) is 10.2 Å². The molecule has 100 valence electrons. The van der Waals surface area contributed by atoms with Crippen molar-refractivity contribution in [3.05, 3.63) is 52.8 Å². The van der Waals surface area contributed by atoms with Crippen LogP contribution in [0.15, 0.2) is 36.0 Å². The zero-order valence-corrected chi connectivity index (χ0v) is 11.2. The maximum Gasteiger partial charge on any atom is 0.244 e. The lowest BCUT2D eigenvalue weighted by Gasteiger charge is -2.22. The first-order chi connectivity index (χ1) is 9.61. The summed E-state index contributed by atoms with van der Waals surface area (Å²) in [7, 11) is 1.94. The first kappa shape index (κ1) is 12.2. The molecule has 1 atom stereocenters. The smallest absolute Gasteiger partial charge is 0.244 e. The van der Waals surface area contributed by atoms with E-state index in [1.54, 1.807) is 0 Å². The van der Waals surface area contributed by atoms with E-state index in [0.717, 1.165) is 16.8 Å². The van der Waals surface area contributed by atoms with Crippen molar-refractivity contribution in [3.8, 4) is 11.9 Å². The molecule has 2 aromatic rings. The number of rotatable bonds is 1. The van der Waals surface area contributed by atoms with Gasteiger partial charge in [-0.3, -0.25) is 5.10 Å². The number of nitrogens with one attached hydrogen (secondary N) is 1. The van der Waals surface area contributed by atoms with Crippen molar-refractivity contribution >= 4 is 0 Å². The van der Waals surface area contributed by atoms with E-state index in [9.17, 15) is 5.26 Å². The lowest BCUT2D eigenvalue weighted by molar-refractivity contribution is -0.671. The number of hydrogen-bond acceptors (Lipinski definition) is 4. The Balaban J connectivity index is 2.25. The largest absolute Gasteiger partial charge is 0.420 e. The van der Waals surface area contributed by atoms with Crippen molar-refractivity contribution in [3.63, 3.8) is 0 Å². The van der Waals surface area contributed by atoms with Gasteiger partial charge in [0.25, 0.3) is 0 Å². The topological polar surface area (TPSA) is 91.6 Å². The van der Waals surface area contributed by atoms with Crippen LogP contribution in [0.3, 0.4) is 0 Å². The van der Waals surface area contributed by atoms with Crippen LogP contribution in [0.1, 0.15) is 22.7 Å². The van der Waals surface area contributed by atoms with Crippen LogP contribution in [-0.2, 0) is 7.05 Å². The summed E-state index contributed by atoms with van der Waals surface area (Å²) in [5.74, 6) is 0.299. The SMILES string of the molecule is Cc1[nH]nc2c1[C@@H](c1ccc[n+](C)c1)C(C#N)=C(N)O2. The maximum atomic E-state index is 9.41. The Morgan fingerprint density at radius 2 is 2.35 bits per heavy atom. The number of fused-ring (bicyclic) bond motifs is 1. The van der Waals surface area contributed by atoms with Crippen LogP contribution in [0, 0.1) is 18.3 Å². The molecule has 1 aliphatic rings. The highest BCUT2D eigenvalue weighted by molar-refractivity contribution is 5.54. The monoisotopic (exact) mass is 268 g/mol. The fraction of sp³-hybridized carbons (Fsp3) is 0.214. The van der Waals surface area contributed by atoms with Gasteiger partial charge in [-0.05, 0) is 13.0 Å². The number of allylic oxidation sites excluding steroid dienone is 1. The number of H-pyrrole nitrogens is 1. The summed E-state index contributed by atoms with van der Waals surface area (Å²) in [5, 5.41) is 16.4. The van der Waals surface area contributed by atoms with Crippen LogP contribution < -0.4 is 15.0 Å². The normalized spacial score (nSPS) is 17.4. The zero-order valence-electron chi connectivity index (χ0n) is 11.2. The number of aromatic nitrogens is 3. The van der Waals surface area contributed by atoms with E-state index in [2.05, 4.69) is 16.3 Å². The Morgan fingerprint density at radius 1 is 1.55 bits per heavy atom. The van der Waals surface area contributed by atoms with Crippen molar-refractivity contribution in [1.29, 1.82) is 5.26 Å². The number of hydrogen-bond donors (Lipinski definition) is 2. The Bertz CT molecular complexity index is 753. The van der Waals surface area contributed by atoms with E-state index in [-0.39, 0.29) is 11.8 Å². The highest BCUT2D eigenvalue weighted by Gasteiger charge is 2.35. The molecule has 0 saturated carbocycles. The molecular formula is C14H14N5O+. The molecule has 20 heavy (non-hydrogen) atoms. The van der Waals surface area contributed by atoms with E-state index in [0.29, 0.717) is 11.5 Å². The molecule has 3 N–H and O–H groups in total. The molecule has 0 amide bonds. The fourth-order valence-corrected chi connectivity index (χ4v) is 2.51. The lowest BCUT2D eigenvalue weighted by atomic mass is 9.85. The van der Waals surface area contributed by atoms with Gasteiger partial charge in [0.15, 0.2) is 12.4 Å². The average molecular weight is 268 g/mol. The summed E-state index contributed by atoms with van der Waals surface area (Å²) in [6.07, 6.45) is 3.90. The van der Waals surface area contributed by atoms with Crippen LogP contribution in [0.2, 0.25) is 0 Å². The molecule has 0 aromatic carbocycles. The van der Waals surface area contributed by atoms with Gasteiger partial charge in [0.05, 0.1) is 5.92 Å². The Hall–Kier alpha value is -2.81. The third kappa shape index (κ3) is 1.72. The zero-order chi connectivity index (χ0) is 14.3. The summed E-state index contributed by atoms with van der Waals surface area (Å²) < 4.78 is 7.36. The van der Waals surface area contributed by atoms with Crippen LogP contribution in [0.4, 0.5) is 0 Å². The van der Waals surface area contributed by atoms with Crippen molar-refractivity contribution in [2.24, 2.45) is 12.8 Å². The van der Waals surface area contributed by atoms with Crippen molar-refractivity contribution in [2.45, 2.75) is 12.8 Å². The average Bonchev–Trinajstić information content (AvgIpc) is 2.78. The molecule has 3 rings (SSSR count). The van der Waals surface area contributed by atoms with Crippen LogP contribution in [-0.4, -0.2) is 10.2 Å². The van der Waals surface area contributed by atoms with Gasteiger partial charge < -0.3 is 10.5 Å². The number of pyridine rings is 1. The van der Waals surface area contributed by atoms with Gasteiger partial charge in [-0.15, -0.1) is 5.10 Å². The summed E-state index contributed by atoms with van der Waals surface area (Å²) in [6.45, 7) is 1.90. The summed E-state index contributed by atoms with van der Waals surface area (Å²) in [4.78, 5) is 0. The Kier molecular flexibility index (Phi) is 2.68. The second-order valence-corrected chi connectivity index (χ2v) is 4.79. The number of aryl methyl sites for hydroxylation is 2. The second-order valence-electron chi connectivity index (χ2n) is 4.79. The molecule has 0 fully saturated rings. The molecule has 0 radical (unpaired) electrons. The van der Waals surface area contributed by atoms with Crippen LogP contribution in [0.5, 0.6) is 5.88 Å². The third-order valence-corrected chi connectivity index (χ3v) is 3.43. The predicted molar refractivity (Wildman–Crippen MR) is 70.2 cm³/mol. The van der Waals surface area contributed by atoms with E-state index in [1.165, 1.54) is 0 Å². The van der Waals surface area contributed by atoms with E-state index < -0.39 is 0 Å². The van der Waals surface area contributed by atoms with Crippen LogP contribution in [0.25, 0.3) is 0 Å². The van der Waals surface area contributed by atoms with Gasteiger partial charge in [0.1, 0.15) is 18.7 Å². The molecule has 0 unspecified atom stereocenters. The summed E-state index contributed by atoms with van der Waals surface area (Å²) >= 11 is 0. The molecule has 0 bridgehead atoms. The number of nitrogens with zero attached hydrogens (tertiary/aromatic N) is 3. The van der Waals surface area contributed by atoms with Crippen molar-refractivity contribution < 1.29 is 9.30 Å². The van der Waals surface area contributed by atoms with Gasteiger partial charge in [-0.2, -0.15) is 5.26 Å². The van der Waals surface area contributed by atoms with Gasteiger partial charge in [0, 0.05) is 22.9 Å². The van der Waals surface area contributed by atoms with E-state index in [1.807, 2.05) is 43.1 Å². The van der Waals surface area contributed by atoms with Gasteiger partial charge in [-0.25, -0.2) is 4.57 Å². The second kappa shape index (κ2) is 4.38. The quantitative estimate of drug-likeness (QED) is 0.747. The third-order valence-electron chi connectivity index (χ3n) is 3.43. The molecular weight excluding hydrogens is 254 g/mol. The molecule has 0 aliphatic carbocycles. The molecule has 2 aromatic heterocycles. The van der Waals surface area contributed by atoms with E-state index in [4.69, 9.17) is 10.5 Å². The fourth-order valence-electron chi connectivity index (χ4n) is 2.51. The maximum absolute atomic E-state index is 9.41. The lowest BCUT2D eigenvalue weighted by Crippen LogP contribution is -2.29. The molecule has 0 spiro atoms. The molecule has 3 heterocycles.